The molecule has 0 spiro atoms. The molecule has 1 aromatic heterocycles. The van der Waals surface area contributed by atoms with Gasteiger partial charge in [-0.15, -0.1) is 0 Å². The molecule has 1 atom stereocenters. The van der Waals surface area contributed by atoms with Crippen LogP contribution in [-0.4, -0.2) is 27.8 Å². The van der Waals surface area contributed by atoms with E-state index in [2.05, 4.69) is 11.1 Å². The minimum atomic E-state index is -0.175. The molecule has 1 aromatic carbocycles. The molecule has 0 bridgehead atoms. The Morgan fingerprint density at radius 2 is 2.14 bits per heavy atom. The molecule has 5 nitrogen and oxygen atoms in total. The van der Waals surface area contributed by atoms with Crippen LogP contribution < -0.4 is 10.5 Å². The molecule has 0 saturated heterocycles. The maximum atomic E-state index is 12.9. The second kappa shape index (κ2) is 5.28. The molecule has 0 aliphatic carbocycles. The van der Waals surface area contributed by atoms with E-state index in [9.17, 15) is 9.59 Å². The molecule has 112 valence electrons. The number of nitrogens with zero attached hydrogens (tertiary/aromatic N) is 3. The molecular weight excluding hydrogens is 298 g/mol. The number of amides is 1. The highest BCUT2D eigenvalue weighted by Gasteiger charge is 2.33. The highest BCUT2D eigenvalue weighted by Crippen LogP contribution is 2.32. The van der Waals surface area contributed by atoms with E-state index in [1.807, 2.05) is 23.1 Å². The summed E-state index contributed by atoms with van der Waals surface area (Å²) in [6.45, 7) is 1.15. The Morgan fingerprint density at radius 1 is 1.27 bits per heavy atom. The Morgan fingerprint density at radius 3 is 3.05 bits per heavy atom. The van der Waals surface area contributed by atoms with Crippen LogP contribution in [0.3, 0.4) is 0 Å². The Labute approximate surface area is 132 Å². The predicted octanol–water partition coefficient (Wildman–Crippen LogP) is 1.55. The van der Waals surface area contributed by atoms with Gasteiger partial charge < -0.3 is 4.90 Å². The van der Waals surface area contributed by atoms with E-state index in [4.69, 9.17) is 0 Å². The lowest BCUT2D eigenvalue weighted by Gasteiger charge is -2.28. The summed E-state index contributed by atoms with van der Waals surface area (Å²) in [6.07, 6.45) is 2.43. The number of rotatable bonds is 1. The Kier molecular flexibility index (Phi) is 3.26. The summed E-state index contributed by atoms with van der Waals surface area (Å²) in [5, 5.41) is 0.707. The SMILES string of the molecule is O=C(C1CSc2nccc(=O)n2C1)N1CCc2ccccc21. The van der Waals surface area contributed by atoms with E-state index in [-0.39, 0.29) is 17.4 Å². The second-order valence-corrected chi connectivity index (χ2v) is 6.54. The van der Waals surface area contributed by atoms with Gasteiger partial charge in [0.2, 0.25) is 5.91 Å². The number of thioether (sulfide) groups is 1. The third-order valence-electron chi connectivity index (χ3n) is 4.22. The molecule has 0 saturated carbocycles. The van der Waals surface area contributed by atoms with Gasteiger partial charge in [0.1, 0.15) is 0 Å². The maximum absolute atomic E-state index is 12.9. The van der Waals surface area contributed by atoms with E-state index in [0.717, 1.165) is 18.7 Å². The summed E-state index contributed by atoms with van der Waals surface area (Å²) in [5.41, 5.74) is 2.15. The van der Waals surface area contributed by atoms with Crippen LogP contribution >= 0.6 is 11.8 Å². The van der Waals surface area contributed by atoms with Gasteiger partial charge in [-0.25, -0.2) is 4.98 Å². The largest absolute Gasteiger partial charge is 0.311 e. The average molecular weight is 313 g/mol. The molecule has 2 aliphatic heterocycles. The van der Waals surface area contributed by atoms with Gasteiger partial charge in [-0.1, -0.05) is 30.0 Å². The molecule has 3 heterocycles. The van der Waals surface area contributed by atoms with Crippen molar-refractivity contribution in [2.75, 3.05) is 17.2 Å². The van der Waals surface area contributed by atoms with Gasteiger partial charge in [0.15, 0.2) is 5.16 Å². The summed E-state index contributed by atoms with van der Waals surface area (Å²) < 4.78 is 1.61. The van der Waals surface area contributed by atoms with Crippen molar-refractivity contribution in [1.29, 1.82) is 0 Å². The van der Waals surface area contributed by atoms with Gasteiger partial charge >= 0.3 is 0 Å². The van der Waals surface area contributed by atoms with Crippen LogP contribution in [0.1, 0.15) is 5.56 Å². The van der Waals surface area contributed by atoms with Crippen molar-refractivity contribution in [1.82, 2.24) is 9.55 Å². The maximum Gasteiger partial charge on any atom is 0.254 e. The van der Waals surface area contributed by atoms with Crippen LogP contribution in [0.2, 0.25) is 0 Å². The number of para-hydroxylation sites is 1. The van der Waals surface area contributed by atoms with Crippen LogP contribution in [0.15, 0.2) is 46.5 Å². The van der Waals surface area contributed by atoms with Gasteiger partial charge in [-0.05, 0) is 18.1 Å². The zero-order chi connectivity index (χ0) is 15.1. The molecular formula is C16H15N3O2S. The lowest BCUT2D eigenvalue weighted by molar-refractivity contribution is -0.122. The molecule has 0 N–H and O–H groups in total. The van der Waals surface area contributed by atoms with Crippen molar-refractivity contribution >= 4 is 23.4 Å². The van der Waals surface area contributed by atoms with Crippen molar-refractivity contribution < 1.29 is 4.79 Å². The Balaban J connectivity index is 1.61. The highest BCUT2D eigenvalue weighted by molar-refractivity contribution is 7.99. The monoisotopic (exact) mass is 313 g/mol. The van der Waals surface area contributed by atoms with E-state index in [0.29, 0.717) is 17.5 Å². The fourth-order valence-electron chi connectivity index (χ4n) is 3.09. The summed E-state index contributed by atoms with van der Waals surface area (Å²) in [4.78, 5) is 30.9. The minimum Gasteiger partial charge on any atom is -0.311 e. The highest BCUT2D eigenvalue weighted by atomic mass is 32.2. The molecule has 2 aromatic rings. The average Bonchev–Trinajstić information content (AvgIpc) is 2.98. The van der Waals surface area contributed by atoms with Gasteiger partial charge in [0, 0.05) is 36.8 Å². The number of benzene rings is 1. The summed E-state index contributed by atoms with van der Waals surface area (Å²) in [5.74, 6) is 0.609. The van der Waals surface area contributed by atoms with Crippen LogP contribution in [0.4, 0.5) is 5.69 Å². The molecule has 2 aliphatic rings. The van der Waals surface area contributed by atoms with Crippen LogP contribution in [0.5, 0.6) is 0 Å². The minimum absolute atomic E-state index is 0.0863. The van der Waals surface area contributed by atoms with Gasteiger partial charge in [-0.3, -0.25) is 14.2 Å². The van der Waals surface area contributed by atoms with Crippen molar-refractivity contribution in [2.24, 2.45) is 5.92 Å². The number of aromatic nitrogens is 2. The quantitative estimate of drug-likeness (QED) is 0.750. The summed E-state index contributed by atoms with van der Waals surface area (Å²) >= 11 is 1.48. The first kappa shape index (κ1) is 13.6. The summed E-state index contributed by atoms with van der Waals surface area (Å²) in [7, 11) is 0. The van der Waals surface area contributed by atoms with Gasteiger partial charge in [0.25, 0.3) is 5.56 Å². The summed E-state index contributed by atoms with van der Waals surface area (Å²) in [6, 6.07) is 9.48. The first-order chi connectivity index (χ1) is 10.7. The smallest absolute Gasteiger partial charge is 0.254 e. The molecule has 1 unspecified atom stereocenters. The molecule has 4 rings (SSSR count). The molecule has 6 heteroatoms. The lowest BCUT2D eigenvalue weighted by Crippen LogP contribution is -2.41. The molecule has 22 heavy (non-hydrogen) atoms. The first-order valence-corrected chi connectivity index (χ1v) is 8.30. The Hall–Kier alpha value is -2.08. The number of hydrogen-bond donors (Lipinski definition) is 0. The fraction of sp³-hybridized carbons (Fsp3) is 0.312. The third kappa shape index (κ3) is 2.14. The van der Waals surface area contributed by atoms with Crippen LogP contribution in [0, 0.1) is 5.92 Å². The molecule has 1 amide bonds. The number of fused-ring (bicyclic) bond motifs is 2. The van der Waals surface area contributed by atoms with Crippen molar-refractivity contribution in [3.05, 3.63) is 52.4 Å². The van der Waals surface area contributed by atoms with E-state index < -0.39 is 0 Å². The predicted molar refractivity (Wildman–Crippen MR) is 85.2 cm³/mol. The number of anilines is 1. The molecule has 0 radical (unpaired) electrons. The van der Waals surface area contributed by atoms with Crippen LogP contribution in [0.25, 0.3) is 0 Å². The topological polar surface area (TPSA) is 55.2 Å². The zero-order valence-corrected chi connectivity index (χ0v) is 12.8. The van der Waals surface area contributed by atoms with Gasteiger partial charge in [-0.2, -0.15) is 0 Å². The number of carbonyl (C=O) groups is 1. The zero-order valence-electron chi connectivity index (χ0n) is 11.9. The van der Waals surface area contributed by atoms with Crippen LogP contribution in [-0.2, 0) is 17.8 Å². The van der Waals surface area contributed by atoms with Crippen molar-refractivity contribution in [2.45, 2.75) is 18.1 Å². The third-order valence-corrected chi connectivity index (χ3v) is 5.37. The first-order valence-electron chi connectivity index (χ1n) is 7.32. The Bertz CT molecular complexity index is 802. The number of hydrogen-bond acceptors (Lipinski definition) is 4. The van der Waals surface area contributed by atoms with Gasteiger partial charge in [0.05, 0.1) is 5.92 Å². The van der Waals surface area contributed by atoms with E-state index in [1.165, 1.54) is 29.6 Å². The van der Waals surface area contributed by atoms with Crippen molar-refractivity contribution in [3.8, 4) is 0 Å². The normalized spacial score (nSPS) is 19.6. The van der Waals surface area contributed by atoms with E-state index in [1.54, 1.807) is 4.57 Å². The van der Waals surface area contributed by atoms with Crippen molar-refractivity contribution in [3.63, 3.8) is 0 Å². The fourth-order valence-corrected chi connectivity index (χ4v) is 4.14. The van der Waals surface area contributed by atoms with E-state index >= 15 is 0 Å². The second-order valence-electron chi connectivity index (χ2n) is 5.55. The molecule has 0 fully saturated rings. The lowest BCUT2D eigenvalue weighted by atomic mass is 10.1. The standard InChI is InChI=1S/C16H15N3O2S/c20-14-5-7-17-16-19(14)9-12(10-22-16)15(21)18-8-6-11-3-1-2-4-13(11)18/h1-5,7,12H,6,8-10H2. The number of carbonyl (C=O) groups excluding carboxylic acids is 1.